The van der Waals surface area contributed by atoms with E-state index in [9.17, 15) is 13.2 Å². The number of benzene rings is 1. The molecule has 122 valence electrons. The lowest BCUT2D eigenvalue weighted by molar-refractivity contribution is -0.115. The standard InChI is InChI=1S/C14H17N5O3S/c1-15-23(21,22)11-6-4-10(5-7-11)16-13(20)8-12-17-14(19-18-12)9-2-3-9/h4-7,9,15H,2-3,8H2,1H3,(H,16,20)(H,17,18,19). The molecule has 0 radical (unpaired) electrons. The van der Waals surface area contributed by atoms with Crippen LogP contribution >= 0.6 is 0 Å². The maximum atomic E-state index is 12.0. The van der Waals surface area contributed by atoms with Gasteiger partial charge >= 0.3 is 0 Å². The van der Waals surface area contributed by atoms with E-state index in [1.165, 1.54) is 31.3 Å². The highest BCUT2D eigenvalue weighted by molar-refractivity contribution is 7.89. The van der Waals surface area contributed by atoms with Crippen molar-refractivity contribution in [1.82, 2.24) is 19.9 Å². The normalized spacial score (nSPS) is 14.7. The van der Waals surface area contributed by atoms with Gasteiger partial charge in [0.25, 0.3) is 0 Å². The van der Waals surface area contributed by atoms with Crippen LogP contribution in [0.25, 0.3) is 0 Å². The molecule has 0 bridgehead atoms. The van der Waals surface area contributed by atoms with Crippen molar-refractivity contribution < 1.29 is 13.2 Å². The van der Waals surface area contributed by atoms with Gasteiger partial charge in [0.2, 0.25) is 15.9 Å². The Hall–Kier alpha value is -2.26. The average Bonchev–Trinajstić information content (AvgIpc) is 3.28. The zero-order chi connectivity index (χ0) is 16.4. The number of aromatic amines is 1. The minimum absolute atomic E-state index is 0.0935. The average molecular weight is 335 g/mol. The second-order valence-corrected chi connectivity index (χ2v) is 7.26. The van der Waals surface area contributed by atoms with E-state index in [-0.39, 0.29) is 17.2 Å². The van der Waals surface area contributed by atoms with Gasteiger partial charge in [-0.2, -0.15) is 5.10 Å². The van der Waals surface area contributed by atoms with Gasteiger partial charge < -0.3 is 5.32 Å². The first-order valence-corrected chi connectivity index (χ1v) is 8.71. The topological polar surface area (TPSA) is 117 Å². The summed E-state index contributed by atoms with van der Waals surface area (Å²) in [6, 6.07) is 5.94. The van der Waals surface area contributed by atoms with Crippen molar-refractivity contribution >= 4 is 21.6 Å². The molecule has 1 amide bonds. The number of aromatic nitrogens is 3. The van der Waals surface area contributed by atoms with Crippen molar-refractivity contribution in [2.75, 3.05) is 12.4 Å². The summed E-state index contributed by atoms with van der Waals surface area (Å²) in [6.45, 7) is 0. The first-order chi connectivity index (χ1) is 11.0. The van der Waals surface area contributed by atoms with Crippen molar-refractivity contribution in [1.29, 1.82) is 0 Å². The van der Waals surface area contributed by atoms with Crippen LogP contribution in [0.1, 0.15) is 30.4 Å². The number of carbonyl (C=O) groups is 1. The van der Waals surface area contributed by atoms with Gasteiger partial charge in [0.05, 0.1) is 11.3 Å². The summed E-state index contributed by atoms with van der Waals surface area (Å²) in [5, 5.41) is 9.57. The number of nitrogens with zero attached hydrogens (tertiary/aromatic N) is 2. The highest BCUT2D eigenvalue weighted by Gasteiger charge is 2.27. The summed E-state index contributed by atoms with van der Waals surface area (Å²) in [5.74, 6) is 1.49. The predicted molar refractivity (Wildman–Crippen MR) is 83.4 cm³/mol. The number of hydrogen-bond acceptors (Lipinski definition) is 5. The van der Waals surface area contributed by atoms with Crippen molar-refractivity contribution in [2.45, 2.75) is 30.1 Å². The molecule has 0 spiro atoms. The van der Waals surface area contributed by atoms with Crippen LogP contribution in [0, 0.1) is 0 Å². The highest BCUT2D eigenvalue weighted by Crippen LogP contribution is 2.37. The van der Waals surface area contributed by atoms with E-state index in [1.54, 1.807) is 0 Å². The van der Waals surface area contributed by atoms with Crippen molar-refractivity contribution in [3.8, 4) is 0 Å². The second-order valence-electron chi connectivity index (χ2n) is 5.37. The zero-order valence-corrected chi connectivity index (χ0v) is 13.4. The van der Waals surface area contributed by atoms with E-state index < -0.39 is 10.0 Å². The molecule has 0 unspecified atom stereocenters. The number of nitrogens with one attached hydrogen (secondary N) is 3. The van der Waals surface area contributed by atoms with E-state index in [2.05, 4.69) is 25.2 Å². The minimum Gasteiger partial charge on any atom is -0.326 e. The molecule has 1 aliphatic carbocycles. The molecule has 0 saturated heterocycles. The number of anilines is 1. The van der Waals surface area contributed by atoms with Crippen LogP contribution in [-0.2, 0) is 21.2 Å². The van der Waals surface area contributed by atoms with Crippen LogP contribution in [0.4, 0.5) is 5.69 Å². The number of rotatable bonds is 6. The van der Waals surface area contributed by atoms with Gasteiger partial charge in [-0.3, -0.25) is 9.89 Å². The van der Waals surface area contributed by atoms with Crippen LogP contribution in [-0.4, -0.2) is 36.6 Å². The fourth-order valence-corrected chi connectivity index (χ4v) is 2.84. The van der Waals surface area contributed by atoms with Crippen LogP contribution in [0.2, 0.25) is 0 Å². The van der Waals surface area contributed by atoms with Gasteiger partial charge in [0.1, 0.15) is 5.82 Å². The molecule has 3 N–H and O–H groups in total. The Morgan fingerprint density at radius 2 is 2.00 bits per heavy atom. The van der Waals surface area contributed by atoms with E-state index >= 15 is 0 Å². The van der Waals surface area contributed by atoms with Crippen molar-refractivity contribution in [3.63, 3.8) is 0 Å². The molecule has 1 fully saturated rings. The summed E-state index contributed by atoms with van der Waals surface area (Å²) in [7, 11) is -2.13. The predicted octanol–water partition coefficient (Wildman–Crippen LogP) is 0.771. The van der Waals surface area contributed by atoms with Crippen LogP contribution in [0.5, 0.6) is 0 Å². The fourth-order valence-electron chi connectivity index (χ4n) is 2.11. The van der Waals surface area contributed by atoms with Crippen molar-refractivity contribution in [2.24, 2.45) is 0 Å². The summed E-state index contributed by atoms with van der Waals surface area (Å²) in [5.41, 5.74) is 0.520. The van der Waals surface area contributed by atoms with Gasteiger partial charge in [0.15, 0.2) is 5.82 Å². The minimum atomic E-state index is -3.48. The Morgan fingerprint density at radius 1 is 1.30 bits per heavy atom. The first-order valence-electron chi connectivity index (χ1n) is 7.22. The molecule has 1 aromatic heterocycles. The third-order valence-electron chi connectivity index (χ3n) is 3.54. The number of hydrogen-bond donors (Lipinski definition) is 3. The zero-order valence-electron chi connectivity index (χ0n) is 12.5. The molecule has 23 heavy (non-hydrogen) atoms. The molecular formula is C14H17N5O3S. The van der Waals surface area contributed by atoms with Gasteiger partial charge in [-0.25, -0.2) is 18.1 Å². The third-order valence-corrected chi connectivity index (χ3v) is 4.97. The fraction of sp³-hybridized carbons (Fsp3) is 0.357. The Morgan fingerprint density at radius 3 is 2.61 bits per heavy atom. The van der Waals surface area contributed by atoms with Crippen LogP contribution in [0.15, 0.2) is 29.2 Å². The van der Waals surface area contributed by atoms with Crippen LogP contribution in [0.3, 0.4) is 0 Å². The number of amides is 1. The number of sulfonamides is 1. The quantitative estimate of drug-likeness (QED) is 0.721. The van der Waals surface area contributed by atoms with Crippen molar-refractivity contribution in [3.05, 3.63) is 35.9 Å². The first kappa shape index (κ1) is 15.6. The van der Waals surface area contributed by atoms with Gasteiger partial charge in [-0.1, -0.05) is 0 Å². The Balaban J connectivity index is 1.60. The van der Waals surface area contributed by atoms with E-state index in [0.29, 0.717) is 17.4 Å². The summed E-state index contributed by atoms with van der Waals surface area (Å²) in [6.07, 6.45) is 2.30. The summed E-state index contributed by atoms with van der Waals surface area (Å²) >= 11 is 0. The van der Waals surface area contributed by atoms with Crippen LogP contribution < -0.4 is 10.0 Å². The third kappa shape index (κ3) is 3.74. The summed E-state index contributed by atoms with van der Waals surface area (Å²) < 4.78 is 25.5. The molecule has 1 aliphatic rings. The molecular weight excluding hydrogens is 318 g/mol. The molecule has 0 atom stereocenters. The summed E-state index contributed by atoms with van der Waals surface area (Å²) in [4.78, 5) is 16.4. The van der Waals surface area contributed by atoms with E-state index in [0.717, 1.165) is 18.7 Å². The molecule has 3 rings (SSSR count). The lowest BCUT2D eigenvalue weighted by atomic mass is 10.3. The monoisotopic (exact) mass is 335 g/mol. The SMILES string of the molecule is CNS(=O)(=O)c1ccc(NC(=O)Cc2nc(C3CC3)n[nH]2)cc1. The maximum Gasteiger partial charge on any atom is 0.240 e. The number of H-pyrrole nitrogens is 1. The molecule has 9 heteroatoms. The second kappa shape index (κ2) is 6.09. The lowest BCUT2D eigenvalue weighted by Gasteiger charge is -2.06. The Labute approximate surface area is 133 Å². The molecule has 1 heterocycles. The van der Waals surface area contributed by atoms with Gasteiger partial charge in [-0.05, 0) is 44.2 Å². The van der Waals surface area contributed by atoms with Gasteiger partial charge in [0, 0.05) is 11.6 Å². The Kier molecular flexibility index (Phi) is 4.14. The molecule has 0 aliphatic heterocycles. The highest BCUT2D eigenvalue weighted by atomic mass is 32.2. The largest absolute Gasteiger partial charge is 0.326 e. The molecule has 8 nitrogen and oxygen atoms in total. The molecule has 2 aromatic rings. The molecule has 1 saturated carbocycles. The molecule has 1 aromatic carbocycles. The van der Waals surface area contributed by atoms with E-state index in [4.69, 9.17) is 0 Å². The lowest BCUT2D eigenvalue weighted by Crippen LogP contribution is -2.19. The van der Waals surface area contributed by atoms with Gasteiger partial charge in [-0.15, -0.1) is 0 Å². The maximum absolute atomic E-state index is 12.0. The Bertz CT molecular complexity index is 809. The van der Waals surface area contributed by atoms with E-state index in [1.807, 2.05) is 0 Å². The smallest absolute Gasteiger partial charge is 0.240 e. The number of carbonyl (C=O) groups excluding carboxylic acids is 1.